The minimum atomic E-state index is -0.0596. The quantitative estimate of drug-likeness (QED) is 0.851. The second kappa shape index (κ2) is 7.76. The first kappa shape index (κ1) is 16.2. The van der Waals surface area contributed by atoms with Crippen molar-refractivity contribution in [2.45, 2.75) is 45.1 Å². The van der Waals surface area contributed by atoms with Gasteiger partial charge in [-0.15, -0.1) is 0 Å². The monoisotopic (exact) mass is 309 g/mol. The molecule has 1 unspecified atom stereocenters. The molecule has 0 spiro atoms. The maximum Gasteiger partial charge on any atom is 0.251 e. The third-order valence-electron chi connectivity index (χ3n) is 4.04. The van der Waals surface area contributed by atoms with Crippen molar-refractivity contribution in [1.29, 1.82) is 0 Å². The van der Waals surface area contributed by atoms with E-state index in [1.54, 1.807) is 6.07 Å². The number of carbonyl (C=O) groups excluding carboxylic acids is 1. The Kier molecular flexibility index (Phi) is 6.00. The van der Waals surface area contributed by atoms with Gasteiger partial charge in [0, 0.05) is 23.8 Å². The zero-order chi connectivity index (χ0) is 15.2. The fourth-order valence-electron chi connectivity index (χ4n) is 2.78. The van der Waals surface area contributed by atoms with Gasteiger partial charge in [0.1, 0.15) is 5.15 Å². The van der Waals surface area contributed by atoms with Crippen LogP contribution in [0.15, 0.2) is 12.1 Å². The summed E-state index contributed by atoms with van der Waals surface area (Å²) in [6.07, 6.45) is 5.47. The number of aryl methyl sites for hydroxylation is 1. The van der Waals surface area contributed by atoms with Crippen LogP contribution in [0.25, 0.3) is 0 Å². The van der Waals surface area contributed by atoms with Gasteiger partial charge in [0.05, 0.1) is 0 Å². The van der Waals surface area contributed by atoms with Crippen LogP contribution < -0.4 is 5.32 Å². The lowest BCUT2D eigenvalue weighted by Crippen LogP contribution is -2.44. The number of nitrogens with zero attached hydrogens (tertiary/aromatic N) is 2. The molecule has 1 aliphatic heterocycles. The normalized spacial score (nSPS) is 19.5. The second-order valence-corrected chi connectivity index (χ2v) is 6.15. The summed E-state index contributed by atoms with van der Waals surface area (Å²) in [4.78, 5) is 18.9. The maximum absolute atomic E-state index is 12.3. The molecule has 1 amide bonds. The topological polar surface area (TPSA) is 45.2 Å². The van der Waals surface area contributed by atoms with Gasteiger partial charge in [-0.25, -0.2) is 4.98 Å². The molecule has 1 atom stereocenters. The molecule has 21 heavy (non-hydrogen) atoms. The molecular weight excluding hydrogens is 286 g/mol. The number of likely N-dealkylation sites (N-methyl/N-ethyl adjacent to an activating group) is 1. The highest BCUT2D eigenvalue weighted by Crippen LogP contribution is 2.15. The van der Waals surface area contributed by atoms with Gasteiger partial charge < -0.3 is 10.2 Å². The zero-order valence-electron chi connectivity index (χ0n) is 12.9. The molecule has 116 valence electrons. The number of rotatable bonds is 5. The summed E-state index contributed by atoms with van der Waals surface area (Å²) in [5.74, 6) is -0.0596. The van der Waals surface area contributed by atoms with Gasteiger partial charge in [-0.2, -0.15) is 0 Å². The molecule has 2 heterocycles. The summed E-state index contributed by atoms with van der Waals surface area (Å²) in [5.41, 5.74) is 1.49. The van der Waals surface area contributed by atoms with Crippen LogP contribution in [0.3, 0.4) is 0 Å². The molecule has 2 rings (SSSR count). The average Bonchev–Trinajstić information content (AvgIpc) is 2.46. The molecule has 0 radical (unpaired) electrons. The fourth-order valence-corrected chi connectivity index (χ4v) is 3.01. The minimum Gasteiger partial charge on any atom is -0.350 e. The first-order valence-electron chi connectivity index (χ1n) is 7.75. The zero-order valence-corrected chi connectivity index (χ0v) is 13.6. The van der Waals surface area contributed by atoms with Crippen LogP contribution in [-0.4, -0.2) is 42.0 Å². The Morgan fingerprint density at radius 3 is 3.00 bits per heavy atom. The van der Waals surface area contributed by atoms with Crippen molar-refractivity contribution in [3.8, 4) is 0 Å². The van der Waals surface area contributed by atoms with E-state index < -0.39 is 0 Å². The molecule has 1 N–H and O–H groups in total. The average molecular weight is 310 g/mol. The van der Waals surface area contributed by atoms with Crippen LogP contribution in [0, 0.1) is 0 Å². The van der Waals surface area contributed by atoms with E-state index in [0.29, 0.717) is 23.3 Å². The summed E-state index contributed by atoms with van der Waals surface area (Å²) >= 11 is 6.00. The number of aromatic nitrogens is 1. The van der Waals surface area contributed by atoms with Crippen molar-refractivity contribution < 1.29 is 4.79 Å². The van der Waals surface area contributed by atoms with Gasteiger partial charge in [-0.05, 0) is 45.0 Å². The Balaban J connectivity index is 1.96. The van der Waals surface area contributed by atoms with E-state index in [4.69, 9.17) is 11.6 Å². The van der Waals surface area contributed by atoms with Gasteiger partial charge in [0.2, 0.25) is 0 Å². The van der Waals surface area contributed by atoms with E-state index in [2.05, 4.69) is 29.2 Å². The highest BCUT2D eigenvalue weighted by Gasteiger charge is 2.19. The predicted octanol–water partition coefficient (Wildman–Crippen LogP) is 2.90. The Morgan fingerprint density at radius 1 is 1.48 bits per heavy atom. The molecule has 4 nitrogen and oxygen atoms in total. The van der Waals surface area contributed by atoms with Crippen LogP contribution in [0.5, 0.6) is 0 Å². The molecule has 5 heteroatoms. The van der Waals surface area contributed by atoms with Crippen LogP contribution in [0.4, 0.5) is 0 Å². The van der Waals surface area contributed by atoms with Crippen molar-refractivity contribution in [3.63, 3.8) is 0 Å². The van der Waals surface area contributed by atoms with Gasteiger partial charge in [-0.3, -0.25) is 4.79 Å². The molecular formula is C16H24ClN3O. The molecule has 1 fully saturated rings. The summed E-state index contributed by atoms with van der Waals surface area (Å²) in [6, 6.07) is 3.92. The number of carbonyl (C=O) groups is 1. The highest BCUT2D eigenvalue weighted by molar-refractivity contribution is 6.29. The highest BCUT2D eigenvalue weighted by atomic mass is 35.5. The standard InChI is InChI=1S/C16H24ClN3O/c1-3-6-13-9-12(10-15(17)19-13)16(21)18-11-14-7-4-5-8-20(14)2/h9-10,14H,3-8,11H2,1-2H3,(H,18,21). The van der Waals surface area contributed by atoms with E-state index in [1.807, 2.05) is 6.07 Å². The number of pyridine rings is 1. The van der Waals surface area contributed by atoms with Gasteiger partial charge in [0.15, 0.2) is 0 Å². The predicted molar refractivity (Wildman–Crippen MR) is 85.8 cm³/mol. The van der Waals surface area contributed by atoms with Crippen molar-refractivity contribution >= 4 is 17.5 Å². The van der Waals surface area contributed by atoms with Crippen LogP contribution in [0.1, 0.15) is 48.7 Å². The van der Waals surface area contributed by atoms with E-state index in [0.717, 1.165) is 31.5 Å². The van der Waals surface area contributed by atoms with Crippen molar-refractivity contribution in [2.75, 3.05) is 20.1 Å². The number of hydrogen-bond donors (Lipinski definition) is 1. The SMILES string of the molecule is CCCc1cc(C(=O)NCC2CCCCN2C)cc(Cl)n1. The largest absolute Gasteiger partial charge is 0.350 e. The van der Waals surface area contributed by atoms with Crippen molar-refractivity contribution in [1.82, 2.24) is 15.2 Å². The minimum absolute atomic E-state index is 0.0596. The third-order valence-corrected chi connectivity index (χ3v) is 4.23. The van der Waals surface area contributed by atoms with Crippen molar-refractivity contribution in [3.05, 3.63) is 28.5 Å². The first-order chi connectivity index (χ1) is 10.1. The molecule has 1 aromatic heterocycles. The van der Waals surface area contributed by atoms with E-state index >= 15 is 0 Å². The van der Waals surface area contributed by atoms with E-state index in [9.17, 15) is 4.79 Å². The summed E-state index contributed by atoms with van der Waals surface area (Å²) < 4.78 is 0. The lowest BCUT2D eigenvalue weighted by atomic mass is 10.0. The molecule has 1 saturated heterocycles. The Labute approximate surface area is 131 Å². The molecule has 1 aliphatic rings. The number of halogens is 1. The van der Waals surface area contributed by atoms with Gasteiger partial charge >= 0.3 is 0 Å². The summed E-state index contributed by atoms with van der Waals surface area (Å²) in [7, 11) is 2.12. The van der Waals surface area contributed by atoms with Crippen LogP contribution in [-0.2, 0) is 6.42 Å². The van der Waals surface area contributed by atoms with Crippen LogP contribution >= 0.6 is 11.6 Å². The van der Waals surface area contributed by atoms with Crippen LogP contribution in [0.2, 0.25) is 5.15 Å². The lowest BCUT2D eigenvalue weighted by Gasteiger charge is -2.32. The smallest absolute Gasteiger partial charge is 0.251 e. The molecule has 0 bridgehead atoms. The number of nitrogens with one attached hydrogen (secondary N) is 1. The molecule has 0 saturated carbocycles. The van der Waals surface area contributed by atoms with Crippen molar-refractivity contribution in [2.24, 2.45) is 0 Å². The number of piperidine rings is 1. The van der Waals surface area contributed by atoms with E-state index in [-0.39, 0.29) is 5.91 Å². The molecule has 0 aliphatic carbocycles. The summed E-state index contributed by atoms with van der Waals surface area (Å²) in [6.45, 7) is 3.89. The fraction of sp³-hybridized carbons (Fsp3) is 0.625. The third kappa shape index (κ3) is 4.68. The Morgan fingerprint density at radius 2 is 2.29 bits per heavy atom. The second-order valence-electron chi connectivity index (χ2n) is 5.76. The maximum atomic E-state index is 12.3. The molecule has 0 aromatic carbocycles. The Hall–Kier alpha value is -1.13. The lowest BCUT2D eigenvalue weighted by molar-refractivity contribution is 0.0928. The number of likely N-dealkylation sites (tertiary alicyclic amines) is 1. The number of hydrogen-bond acceptors (Lipinski definition) is 3. The van der Waals surface area contributed by atoms with Gasteiger partial charge in [-0.1, -0.05) is 31.4 Å². The summed E-state index contributed by atoms with van der Waals surface area (Å²) in [5, 5.41) is 3.42. The Bertz CT molecular complexity index is 492. The first-order valence-corrected chi connectivity index (χ1v) is 8.13. The number of amides is 1. The van der Waals surface area contributed by atoms with E-state index in [1.165, 1.54) is 12.8 Å². The molecule has 1 aromatic rings. The van der Waals surface area contributed by atoms with Gasteiger partial charge in [0.25, 0.3) is 5.91 Å².